The maximum atomic E-state index is 12.3. The molecule has 0 fully saturated rings. The summed E-state index contributed by atoms with van der Waals surface area (Å²) in [6, 6.07) is 14.7. The Morgan fingerprint density at radius 3 is 2.56 bits per heavy atom. The molecule has 0 saturated carbocycles. The van der Waals surface area contributed by atoms with Crippen molar-refractivity contribution < 1.29 is 19.4 Å². The SMILES string of the molecule is CSc1ccc(OC(C)C(=O)Nc2cccc(CCC(=O)O)c2)cc1. The Morgan fingerprint density at radius 2 is 1.92 bits per heavy atom. The van der Waals surface area contributed by atoms with Gasteiger partial charge < -0.3 is 15.2 Å². The summed E-state index contributed by atoms with van der Waals surface area (Å²) in [5.41, 5.74) is 1.49. The van der Waals surface area contributed by atoms with Crippen molar-refractivity contribution in [3.05, 3.63) is 54.1 Å². The van der Waals surface area contributed by atoms with Gasteiger partial charge in [-0.3, -0.25) is 9.59 Å². The van der Waals surface area contributed by atoms with E-state index in [0.29, 0.717) is 17.9 Å². The van der Waals surface area contributed by atoms with E-state index in [1.54, 1.807) is 36.9 Å². The quantitative estimate of drug-likeness (QED) is 0.701. The minimum atomic E-state index is -0.844. The van der Waals surface area contributed by atoms with Gasteiger partial charge in [-0.2, -0.15) is 0 Å². The minimum Gasteiger partial charge on any atom is -0.481 e. The van der Waals surface area contributed by atoms with E-state index >= 15 is 0 Å². The number of nitrogens with one attached hydrogen (secondary N) is 1. The van der Waals surface area contributed by atoms with Crippen molar-refractivity contribution in [2.24, 2.45) is 0 Å². The summed E-state index contributed by atoms with van der Waals surface area (Å²) in [6.45, 7) is 1.69. The number of carboxylic acids is 1. The van der Waals surface area contributed by atoms with Crippen LogP contribution in [0.3, 0.4) is 0 Å². The standard InChI is InChI=1S/C19H21NO4S/c1-13(24-16-7-9-17(25-2)10-8-16)19(23)20-15-5-3-4-14(12-15)6-11-18(21)22/h3-5,7-10,12-13H,6,11H2,1-2H3,(H,20,23)(H,21,22). The van der Waals surface area contributed by atoms with Crippen LogP contribution in [0.25, 0.3) is 0 Å². The topological polar surface area (TPSA) is 75.6 Å². The molecule has 25 heavy (non-hydrogen) atoms. The van der Waals surface area contributed by atoms with Crippen molar-refractivity contribution in [3.63, 3.8) is 0 Å². The molecule has 0 radical (unpaired) electrons. The first kappa shape index (κ1) is 18.9. The van der Waals surface area contributed by atoms with Crippen LogP contribution in [0.1, 0.15) is 18.9 Å². The molecule has 2 aromatic carbocycles. The molecule has 1 amide bonds. The summed E-state index contributed by atoms with van der Waals surface area (Å²) in [5, 5.41) is 11.5. The van der Waals surface area contributed by atoms with Gasteiger partial charge >= 0.3 is 5.97 Å². The number of hydrogen-bond donors (Lipinski definition) is 2. The normalized spacial score (nSPS) is 11.6. The van der Waals surface area contributed by atoms with Crippen LogP contribution < -0.4 is 10.1 Å². The van der Waals surface area contributed by atoms with Crippen LogP contribution in [0.5, 0.6) is 5.75 Å². The van der Waals surface area contributed by atoms with Gasteiger partial charge in [-0.05, 0) is 61.6 Å². The number of amides is 1. The highest BCUT2D eigenvalue weighted by molar-refractivity contribution is 7.98. The van der Waals surface area contributed by atoms with Crippen molar-refractivity contribution in [2.45, 2.75) is 30.8 Å². The van der Waals surface area contributed by atoms with Crippen molar-refractivity contribution >= 4 is 29.3 Å². The van der Waals surface area contributed by atoms with Gasteiger partial charge in [0.05, 0.1) is 0 Å². The van der Waals surface area contributed by atoms with Crippen LogP contribution in [-0.2, 0) is 16.0 Å². The van der Waals surface area contributed by atoms with E-state index in [2.05, 4.69) is 5.32 Å². The van der Waals surface area contributed by atoms with E-state index in [9.17, 15) is 9.59 Å². The molecule has 0 heterocycles. The highest BCUT2D eigenvalue weighted by Crippen LogP contribution is 2.20. The van der Waals surface area contributed by atoms with Gasteiger partial charge in [0.1, 0.15) is 5.75 Å². The second-order valence-electron chi connectivity index (χ2n) is 5.52. The molecule has 1 unspecified atom stereocenters. The molecule has 132 valence electrons. The zero-order valence-corrected chi connectivity index (χ0v) is 15.0. The third kappa shape index (κ3) is 6.15. The Bertz CT molecular complexity index is 730. The van der Waals surface area contributed by atoms with Crippen molar-refractivity contribution in [2.75, 3.05) is 11.6 Å². The number of anilines is 1. The van der Waals surface area contributed by atoms with Gasteiger partial charge in [0.15, 0.2) is 6.10 Å². The average Bonchev–Trinajstić information content (AvgIpc) is 2.61. The summed E-state index contributed by atoms with van der Waals surface area (Å²) < 4.78 is 5.66. The number of aryl methyl sites for hydroxylation is 1. The van der Waals surface area contributed by atoms with Crippen molar-refractivity contribution in [1.82, 2.24) is 0 Å². The predicted molar refractivity (Wildman–Crippen MR) is 99.3 cm³/mol. The smallest absolute Gasteiger partial charge is 0.303 e. The number of carbonyl (C=O) groups excluding carboxylic acids is 1. The molecular weight excluding hydrogens is 338 g/mol. The fourth-order valence-electron chi connectivity index (χ4n) is 2.21. The third-order valence-electron chi connectivity index (χ3n) is 3.56. The molecular formula is C19H21NO4S. The predicted octanol–water partition coefficient (Wildman–Crippen LogP) is 3.83. The van der Waals surface area contributed by atoms with Gasteiger partial charge in [-0.15, -0.1) is 11.8 Å². The Morgan fingerprint density at radius 1 is 1.20 bits per heavy atom. The lowest BCUT2D eigenvalue weighted by atomic mass is 10.1. The summed E-state index contributed by atoms with van der Waals surface area (Å²) in [5.74, 6) is -0.469. The third-order valence-corrected chi connectivity index (χ3v) is 4.31. The van der Waals surface area contributed by atoms with Crippen molar-refractivity contribution in [1.29, 1.82) is 0 Å². The van der Waals surface area contributed by atoms with E-state index in [-0.39, 0.29) is 12.3 Å². The van der Waals surface area contributed by atoms with Gasteiger partial charge in [0.2, 0.25) is 0 Å². The van der Waals surface area contributed by atoms with Gasteiger partial charge in [-0.25, -0.2) is 0 Å². The van der Waals surface area contributed by atoms with Crippen LogP contribution >= 0.6 is 11.8 Å². The van der Waals surface area contributed by atoms with Crippen LogP contribution in [0, 0.1) is 0 Å². The second kappa shape index (κ2) is 9.13. The second-order valence-corrected chi connectivity index (χ2v) is 6.40. The summed E-state index contributed by atoms with van der Waals surface area (Å²) in [4.78, 5) is 24.1. The molecule has 0 aliphatic rings. The van der Waals surface area contributed by atoms with E-state index in [0.717, 1.165) is 10.5 Å². The van der Waals surface area contributed by atoms with E-state index in [1.807, 2.05) is 36.6 Å². The molecule has 0 aromatic heterocycles. The van der Waals surface area contributed by atoms with Crippen LogP contribution in [0.2, 0.25) is 0 Å². The van der Waals surface area contributed by atoms with Gasteiger partial charge in [0, 0.05) is 17.0 Å². The first-order valence-electron chi connectivity index (χ1n) is 7.90. The molecule has 2 aromatic rings. The number of ether oxygens (including phenoxy) is 1. The first-order valence-corrected chi connectivity index (χ1v) is 9.12. The summed E-state index contributed by atoms with van der Waals surface area (Å²) >= 11 is 1.64. The monoisotopic (exact) mass is 359 g/mol. The summed E-state index contributed by atoms with van der Waals surface area (Å²) in [6.07, 6.45) is 1.83. The number of carboxylic acid groups (broad SMARTS) is 1. The molecule has 0 aliphatic heterocycles. The molecule has 5 nitrogen and oxygen atoms in total. The minimum absolute atomic E-state index is 0.0585. The van der Waals surface area contributed by atoms with E-state index < -0.39 is 12.1 Å². The molecule has 0 aliphatic carbocycles. The van der Waals surface area contributed by atoms with Crippen molar-refractivity contribution in [3.8, 4) is 5.75 Å². The lowest BCUT2D eigenvalue weighted by molar-refractivity contribution is -0.137. The maximum absolute atomic E-state index is 12.3. The van der Waals surface area contributed by atoms with Crippen LogP contribution in [0.4, 0.5) is 5.69 Å². The molecule has 2 N–H and O–H groups in total. The zero-order chi connectivity index (χ0) is 18.2. The number of hydrogen-bond acceptors (Lipinski definition) is 4. The lowest BCUT2D eigenvalue weighted by Gasteiger charge is -2.15. The Hall–Kier alpha value is -2.47. The number of thioether (sulfide) groups is 1. The highest BCUT2D eigenvalue weighted by atomic mass is 32.2. The van der Waals surface area contributed by atoms with Crippen LogP contribution in [-0.4, -0.2) is 29.3 Å². The Labute approximate surface area is 151 Å². The fourth-order valence-corrected chi connectivity index (χ4v) is 2.62. The molecule has 0 bridgehead atoms. The number of benzene rings is 2. The van der Waals surface area contributed by atoms with Gasteiger partial charge in [0.25, 0.3) is 5.91 Å². The van der Waals surface area contributed by atoms with Crippen LogP contribution in [0.15, 0.2) is 53.4 Å². The molecule has 1 atom stereocenters. The first-order chi connectivity index (χ1) is 12.0. The number of carbonyl (C=O) groups is 2. The Kier molecular flexibility index (Phi) is 6.89. The van der Waals surface area contributed by atoms with Gasteiger partial charge in [-0.1, -0.05) is 12.1 Å². The average molecular weight is 359 g/mol. The largest absolute Gasteiger partial charge is 0.481 e. The zero-order valence-electron chi connectivity index (χ0n) is 14.2. The molecule has 6 heteroatoms. The number of aliphatic carboxylic acids is 1. The molecule has 2 rings (SSSR count). The lowest BCUT2D eigenvalue weighted by Crippen LogP contribution is -2.30. The van der Waals surface area contributed by atoms with E-state index in [4.69, 9.17) is 9.84 Å². The maximum Gasteiger partial charge on any atom is 0.303 e. The summed E-state index contributed by atoms with van der Waals surface area (Å²) in [7, 11) is 0. The highest BCUT2D eigenvalue weighted by Gasteiger charge is 2.15. The molecule has 0 spiro atoms. The number of rotatable bonds is 8. The fraction of sp³-hybridized carbons (Fsp3) is 0.263. The molecule has 0 saturated heterocycles. The Balaban J connectivity index is 1.93. The van der Waals surface area contributed by atoms with E-state index in [1.165, 1.54) is 0 Å².